The Balaban J connectivity index is 4.68. The molecule has 19 heavy (non-hydrogen) atoms. The number of carboxylic acid groups (broad SMARTS) is 1. The van der Waals surface area contributed by atoms with Crippen molar-refractivity contribution in [2.45, 2.75) is 19.4 Å². The summed E-state index contributed by atoms with van der Waals surface area (Å²) in [6, 6.07) is -1.46. The van der Waals surface area contributed by atoms with Crippen molar-refractivity contribution < 1.29 is 37.0 Å². The zero-order valence-electron chi connectivity index (χ0n) is 9.66. The van der Waals surface area contributed by atoms with Gasteiger partial charge in [0, 0.05) is 12.7 Å². The highest BCUT2D eigenvalue weighted by Gasteiger charge is 2.24. The van der Waals surface area contributed by atoms with E-state index in [1.807, 2.05) is 5.32 Å². The minimum atomic E-state index is -3.37. The van der Waals surface area contributed by atoms with Gasteiger partial charge in [-0.15, -0.1) is 0 Å². The Hall–Kier alpha value is -1.45. The van der Waals surface area contributed by atoms with Gasteiger partial charge in [-0.2, -0.15) is 4.39 Å². The number of halogens is 4. The summed E-state index contributed by atoms with van der Waals surface area (Å²) < 4.78 is 53.2. The summed E-state index contributed by atoms with van der Waals surface area (Å²) in [6.07, 6.45) is -3.37. The summed E-state index contributed by atoms with van der Waals surface area (Å²) in [7, 11) is 0. The predicted molar refractivity (Wildman–Crippen MR) is 58.9 cm³/mol. The number of carboxylic acids is 1. The monoisotopic (exact) mass is 305 g/mol. The molecule has 2 N–H and O–H groups in total. The van der Waals surface area contributed by atoms with Crippen molar-refractivity contribution in [1.29, 1.82) is 0 Å². The number of hydrogen-bond acceptors (Lipinski definition) is 4. The number of carbonyl (C=O) groups excluding carboxylic acids is 1. The lowest BCUT2D eigenvalue weighted by Crippen LogP contribution is -2.41. The van der Waals surface area contributed by atoms with E-state index >= 15 is 0 Å². The number of hydrogen-bond donors (Lipinski definition) is 2. The lowest BCUT2D eigenvalue weighted by Gasteiger charge is -2.13. The summed E-state index contributed by atoms with van der Waals surface area (Å²) in [6.45, 7) is -0.592. The van der Waals surface area contributed by atoms with E-state index in [4.69, 9.17) is 5.11 Å². The summed E-state index contributed by atoms with van der Waals surface area (Å²) in [4.78, 5) is 21.3. The molecule has 0 heterocycles. The molecule has 0 aromatic carbocycles. The highest BCUT2D eigenvalue weighted by atomic mass is 32.2. The number of alkyl halides is 3. The molecule has 1 amide bonds. The average molecular weight is 305 g/mol. The van der Waals surface area contributed by atoms with Gasteiger partial charge in [-0.25, -0.2) is 18.0 Å². The van der Waals surface area contributed by atoms with Crippen molar-refractivity contribution in [1.82, 2.24) is 5.32 Å². The number of allylic oxidation sites excluding steroid dienone is 1. The molecule has 0 saturated carbocycles. The van der Waals surface area contributed by atoms with Gasteiger partial charge in [0.1, 0.15) is 6.04 Å². The van der Waals surface area contributed by atoms with Crippen LogP contribution in [0.3, 0.4) is 0 Å². The Kier molecular flexibility index (Phi) is 7.96. The Labute approximate surface area is 110 Å². The van der Waals surface area contributed by atoms with Crippen molar-refractivity contribution in [3.63, 3.8) is 0 Å². The molecule has 0 saturated heterocycles. The number of ether oxygens (including phenoxy) is 1. The number of nitrogens with one attached hydrogen (secondary N) is 1. The first-order chi connectivity index (χ1) is 8.79. The second kappa shape index (κ2) is 8.62. The molecule has 1 atom stereocenters. The first-order valence-electron chi connectivity index (χ1n) is 4.78. The number of aliphatic carboxylic acids is 1. The fraction of sp³-hybridized carbons (Fsp3) is 0.556. The maximum Gasteiger partial charge on any atom is 0.327 e. The molecular weight excluding hydrogens is 294 g/mol. The molecule has 10 heteroatoms. The third-order valence-electron chi connectivity index (χ3n) is 1.65. The molecule has 0 bridgehead atoms. The Morgan fingerprint density at radius 1 is 1.42 bits per heavy atom. The van der Waals surface area contributed by atoms with Crippen LogP contribution in [0.2, 0.25) is 0 Å². The van der Waals surface area contributed by atoms with Crippen LogP contribution in [0.25, 0.3) is 0 Å². The zero-order valence-corrected chi connectivity index (χ0v) is 10.5. The van der Waals surface area contributed by atoms with E-state index in [0.717, 1.165) is 6.92 Å². The van der Waals surface area contributed by atoms with Crippen LogP contribution >= 0.6 is 11.8 Å². The topological polar surface area (TPSA) is 75.6 Å². The SMILES string of the molecule is CC(=O)N[C@@H](CS/C(F)=C(/OCF)C(F)F)C(=O)O. The van der Waals surface area contributed by atoms with Crippen LogP contribution in [0.1, 0.15) is 6.92 Å². The van der Waals surface area contributed by atoms with Gasteiger partial charge in [-0.3, -0.25) is 4.79 Å². The van der Waals surface area contributed by atoms with E-state index in [0.29, 0.717) is 0 Å². The Morgan fingerprint density at radius 3 is 2.37 bits per heavy atom. The molecule has 0 spiro atoms. The molecule has 0 fully saturated rings. The molecule has 0 aliphatic heterocycles. The summed E-state index contributed by atoms with van der Waals surface area (Å²) in [5.74, 6) is -4.18. The van der Waals surface area contributed by atoms with Crippen molar-refractivity contribution in [3.8, 4) is 0 Å². The number of carbonyl (C=O) groups is 2. The highest BCUT2D eigenvalue weighted by molar-refractivity contribution is 8.02. The summed E-state index contributed by atoms with van der Waals surface area (Å²) in [5.41, 5.74) is 0. The fourth-order valence-corrected chi connectivity index (χ4v) is 1.74. The maximum absolute atomic E-state index is 13.2. The van der Waals surface area contributed by atoms with Crippen molar-refractivity contribution in [2.75, 3.05) is 12.6 Å². The molecule has 0 rings (SSSR count). The van der Waals surface area contributed by atoms with Crippen LogP contribution in [0.4, 0.5) is 17.6 Å². The normalized spacial score (nSPS) is 13.8. The van der Waals surface area contributed by atoms with Crippen molar-refractivity contribution in [3.05, 3.63) is 10.9 Å². The standard InChI is InChI=1S/C9H11F4NO4S/c1-4(15)14-5(9(16)17)2-19-8(13)6(7(11)12)18-3-10/h5,7H,2-3H2,1H3,(H,14,15)(H,16,17)/b8-6+/t5-/m0/s1. The lowest BCUT2D eigenvalue weighted by atomic mass is 10.3. The number of thioether (sulfide) groups is 1. The van der Waals surface area contributed by atoms with E-state index in [2.05, 4.69) is 4.74 Å². The van der Waals surface area contributed by atoms with Crippen LogP contribution in [-0.4, -0.2) is 42.1 Å². The van der Waals surface area contributed by atoms with Crippen LogP contribution in [0.5, 0.6) is 0 Å². The van der Waals surface area contributed by atoms with Gasteiger partial charge in [0.2, 0.25) is 18.5 Å². The van der Waals surface area contributed by atoms with Crippen LogP contribution in [-0.2, 0) is 14.3 Å². The zero-order chi connectivity index (χ0) is 15.0. The summed E-state index contributed by atoms with van der Waals surface area (Å²) in [5, 5.41) is 9.13. The molecule has 5 nitrogen and oxygen atoms in total. The van der Waals surface area contributed by atoms with Gasteiger partial charge in [0.25, 0.3) is 6.43 Å². The third-order valence-corrected chi connectivity index (χ3v) is 2.61. The first kappa shape index (κ1) is 17.6. The van der Waals surface area contributed by atoms with Crippen LogP contribution in [0, 0.1) is 0 Å². The molecule has 0 aliphatic carbocycles. The molecule has 0 aromatic heterocycles. The molecule has 0 aromatic rings. The Morgan fingerprint density at radius 2 is 2.00 bits per heavy atom. The van der Waals surface area contributed by atoms with Gasteiger partial charge in [0.05, 0.1) is 0 Å². The van der Waals surface area contributed by atoms with Gasteiger partial charge in [-0.1, -0.05) is 11.8 Å². The molecular formula is C9H11F4NO4S. The average Bonchev–Trinajstić information content (AvgIpc) is 2.29. The minimum Gasteiger partial charge on any atom is -0.480 e. The second-order valence-corrected chi connectivity index (χ2v) is 4.07. The predicted octanol–water partition coefficient (Wildman–Crippen LogP) is 1.66. The van der Waals surface area contributed by atoms with Crippen LogP contribution < -0.4 is 5.32 Å². The van der Waals surface area contributed by atoms with Gasteiger partial charge in [-0.05, 0) is 0 Å². The van der Waals surface area contributed by atoms with E-state index in [1.54, 1.807) is 0 Å². The van der Waals surface area contributed by atoms with E-state index in [-0.39, 0.29) is 11.8 Å². The first-order valence-corrected chi connectivity index (χ1v) is 5.77. The van der Waals surface area contributed by atoms with Gasteiger partial charge in [0.15, 0.2) is 5.16 Å². The number of amides is 1. The fourth-order valence-electron chi connectivity index (χ4n) is 0.912. The maximum atomic E-state index is 13.2. The Bertz CT molecular complexity index is 364. The molecule has 0 radical (unpaired) electrons. The van der Waals surface area contributed by atoms with Gasteiger partial charge < -0.3 is 15.2 Å². The minimum absolute atomic E-state index is 0.0769. The third kappa shape index (κ3) is 6.89. The van der Waals surface area contributed by atoms with Crippen molar-refractivity contribution in [2.24, 2.45) is 0 Å². The van der Waals surface area contributed by atoms with Gasteiger partial charge >= 0.3 is 5.97 Å². The molecule has 0 aliphatic rings. The molecule has 110 valence electrons. The number of rotatable bonds is 8. The highest BCUT2D eigenvalue weighted by Crippen LogP contribution is 2.27. The lowest BCUT2D eigenvalue weighted by molar-refractivity contribution is -0.140. The van der Waals surface area contributed by atoms with E-state index in [9.17, 15) is 27.2 Å². The quantitative estimate of drug-likeness (QED) is 0.527. The van der Waals surface area contributed by atoms with E-state index in [1.165, 1.54) is 0 Å². The molecule has 0 unspecified atom stereocenters. The van der Waals surface area contributed by atoms with Crippen molar-refractivity contribution >= 4 is 23.6 Å². The summed E-state index contributed by atoms with van der Waals surface area (Å²) >= 11 is 0.0769. The van der Waals surface area contributed by atoms with Crippen LogP contribution in [0.15, 0.2) is 10.9 Å². The van der Waals surface area contributed by atoms with E-state index < -0.39 is 47.9 Å². The largest absolute Gasteiger partial charge is 0.480 e. The second-order valence-electron chi connectivity index (χ2n) is 3.09. The smallest absolute Gasteiger partial charge is 0.327 e.